The van der Waals surface area contributed by atoms with Crippen molar-refractivity contribution in [1.82, 2.24) is 0 Å². The van der Waals surface area contributed by atoms with E-state index in [1.165, 1.54) is 32.1 Å². The normalized spacial score (nSPS) is 43.7. The van der Waals surface area contributed by atoms with E-state index in [0.717, 1.165) is 11.8 Å². The van der Waals surface area contributed by atoms with Gasteiger partial charge in [0, 0.05) is 0 Å². The third-order valence-electron chi connectivity index (χ3n) is 7.31. The van der Waals surface area contributed by atoms with Crippen molar-refractivity contribution in [2.75, 3.05) is 6.61 Å². The molecule has 0 saturated heterocycles. The highest BCUT2D eigenvalue weighted by Crippen LogP contribution is 2.71. The third kappa shape index (κ3) is 2.31. The molecule has 0 heterocycles. The highest BCUT2D eigenvalue weighted by Gasteiger charge is 2.66. The molecule has 3 aliphatic carbocycles. The number of aliphatic hydroxyl groups is 1. The number of ether oxygens (including phenoxy) is 1. The smallest absolute Gasteiger partial charge is 0.308 e. The Bertz CT molecular complexity index is 444. The van der Waals surface area contributed by atoms with Crippen LogP contribution in [0.1, 0.15) is 66.2 Å². The Kier molecular flexibility index (Phi) is 4.08. The van der Waals surface area contributed by atoms with Crippen LogP contribution in [-0.4, -0.2) is 23.8 Å². The summed E-state index contributed by atoms with van der Waals surface area (Å²) in [6.45, 7) is 9.46. The standard InChI is InChI=1S/C19H32O3/c1-5-22-15(21)11-14(20)17-12-7-8-13-16(12)18(2,3)9-6-10-19(13,17)4/h12-14,16-17,20H,5-11H2,1-4H3/t12-,13+,14+,16+,17+,19-/m0/s1. The second-order valence-corrected chi connectivity index (χ2v) is 8.82. The molecule has 6 atom stereocenters. The molecule has 0 aromatic carbocycles. The number of rotatable bonds is 4. The predicted octanol–water partition coefficient (Wildman–Crippen LogP) is 3.79. The van der Waals surface area contributed by atoms with Gasteiger partial charge >= 0.3 is 5.97 Å². The minimum absolute atomic E-state index is 0.171. The second-order valence-electron chi connectivity index (χ2n) is 8.82. The maximum atomic E-state index is 11.8. The topological polar surface area (TPSA) is 46.5 Å². The van der Waals surface area contributed by atoms with Crippen LogP contribution in [0.4, 0.5) is 0 Å². The predicted molar refractivity (Wildman–Crippen MR) is 86.2 cm³/mol. The molecule has 3 saturated carbocycles. The van der Waals surface area contributed by atoms with Gasteiger partial charge in [0.2, 0.25) is 0 Å². The van der Waals surface area contributed by atoms with E-state index >= 15 is 0 Å². The van der Waals surface area contributed by atoms with Crippen molar-refractivity contribution in [3.63, 3.8) is 0 Å². The molecular formula is C19H32O3. The van der Waals surface area contributed by atoms with Crippen LogP contribution in [0.5, 0.6) is 0 Å². The van der Waals surface area contributed by atoms with E-state index in [1.807, 2.05) is 6.92 Å². The summed E-state index contributed by atoms with van der Waals surface area (Å²) in [5.74, 6) is 2.08. The average Bonchev–Trinajstić information content (AvgIpc) is 2.89. The lowest BCUT2D eigenvalue weighted by molar-refractivity contribution is -0.147. The van der Waals surface area contributed by atoms with E-state index in [-0.39, 0.29) is 23.7 Å². The first-order valence-electron chi connectivity index (χ1n) is 9.15. The van der Waals surface area contributed by atoms with Crippen LogP contribution < -0.4 is 0 Å². The zero-order valence-corrected chi connectivity index (χ0v) is 14.6. The fourth-order valence-electron chi connectivity index (χ4n) is 6.72. The molecule has 1 N–H and O–H groups in total. The van der Waals surface area contributed by atoms with Gasteiger partial charge in [-0.05, 0) is 67.1 Å². The largest absolute Gasteiger partial charge is 0.466 e. The number of aliphatic hydroxyl groups excluding tert-OH is 1. The average molecular weight is 308 g/mol. The number of hydrogen-bond donors (Lipinski definition) is 1. The maximum Gasteiger partial charge on any atom is 0.308 e. The molecule has 3 rings (SSSR count). The summed E-state index contributed by atoms with van der Waals surface area (Å²) in [5, 5.41) is 10.8. The Morgan fingerprint density at radius 3 is 2.68 bits per heavy atom. The van der Waals surface area contributed by atoms with Gasteiger partial charge in [0.05, 0.1) is 19.1 Å². The molecular weight excluding hydrogens is 276 g/mol. The highest BCUT2D eigenvalue weighted by atomic mass is 16.5. The molecule has 4 bridgehead atoms. The van der Waals surface area contributed by atoms with Crippen molar-refractivity contribution in [2.24, 2.45) is 34.5 Å². The van der Waals surface area contributed by atoms with Crippen molar-refractivity contribution < 1.29 is 14.6 Å². The Balaban J connectivity index is 1.85. The second kappa shape index (κ2) is 5.51. The van der Waals surface area contributed by atoms with E-state index in [0.29, 0.717) is 17.9 Å². The summed E-state index contributed by atoms with van der Waals surface area (Å²) in [5.41, 5.74) is 0.593. The van der Waals surface area contributed by atoms with Crippen LogP contribution in [0.15, 0.2) is 0 Å². The van der Waals surface area contributed by atoms with Gasteiger partial charge in [-0.15, -0.1) is 0 Å². The van der Waals surface area contributed by atoms with Crippen molar-refractivity contribution >= 4 is 5.97 Å². The fraction of sp³-hybridized carbons (Fsp3) is 0.947. The SMILES string of the molecule is CCOC(=O)C[C@@H](O)[C@H]1[C@H]2CC[C@@H]3[C@@H]2C(C)(C)CCC[C@]13C. The zero-order valence-electron chi connectivity index (χ0n) is 14.6. The van der Waals surface area contributed by atoms with E-state index in [9.17, 15) is 9.90 Å². The summed E-state index contributed by atoms with van der Waals surface area (Å²) < 4.78 is 5.06. The number of carbonyl (C=O) groups excluding carboxylic acids is 1. The molecule has 0 aliphatic heterocycles. The molecule has 126 valence electrons. The van der Waals surface area contributed by atoms with Crippen LogP contribution in [0.2, 0.25) is 0 Å². The van der Waals surface area contributed by atoms with Crippen LogP contribution in [0.25, 0.3) is 0 Å². The van der Waals surface area contributed by atoms with Crippen LogP contribution >= 0.6 is 0 Å². The molecule has 3 nitrogen and oxygen atoms in total. The third-order valence-corrected chi connectivity index (χ3v) is 7.31. The summed E-state index contributed by atoms with van der Waals surface area (Å²) in [6, 6.07) is 0. The van der Waals surface area contributed by atoms with Crippen LogP contribution in [-0.2, 0) is 9.53 Å². The minimum Gasteiger partial charge on any atom is -0.466 e. The van der Waals surface area contributed by atoms with Crippen LogP contribution in [0.3, 0.4) is 0 Å². The van der Waals surface area contributed by atoms with Gasteiger partial charge in [0.15, 0.2) is 0 Å². The molecule has 0 spiro atoms. The Hall–Kier alpha value is -0.570. The van der Waals surface area contributed by atoms with Gasteiger partial charge in [-0.3, -0.25) is 4.79 Å². The van der Waals surface area contributed by atoms with Gasteiger partial charge in [0.25, 0.3) is 0 Å². The van der Waals surface area contributed by atoms with Crippen molar-refractivity contribution in [2.45, 2.75) is 72.3 Å². The number of carbonyl (C=O) groups is 1. The van der Waals surface area contributed by atoms with Gasteiger partial charge in [-0.2, -0.15) is 0 Å². The zero-order chi connectivity index (χ0) is 16.1. The summed E-state index contributed by atoms with van der Waals surface area (Å²) in [7, 11) is 0. The van der Waals surface area contributed by atoms with Crippen molar-refractivity contribution in [3.05, 3.63) is 0 Å². The minimum atomic E-state index is -0.532. The number of esters is 1. The summed E-state index contributed by atoms with van der Waals surface area (Å²) >= 11 is 0. The van der Waals surface area contributed by atoms with Gasteiger partial charge < -0.3 is 9.84 Å². The lowest BCUT2D eigenvalue weighted by Crippen LogP contribution is -2.42. The monoisotopic (exact) mass is 308 g/mol. The van der Waals surface area contributed by atoms with Crippen LogP contribution in [0, 0.1) is 34.5 Å². The van der Waals surface area contributed by atoms with Gasteiger partial charge in [0.1, 0.15) is 0 Å². The molecule has 0 aromatic rings. The Morgan fingerprint density at radius 2 is 2.00 bits per heavy atom. The van der Waals surface area contributed by atoms with Crippen molar-refractivity contribution in [1.29, 1.82) is 0 Å². The summed E-state index contributed by atoms with van der Waals surface area (Å²) in [6.07, 6.45) is 5.96. The van der Waals surface area contributed by atoms with E-state index in [4.69, 9.17) is 4.74 Å². The highest BCUT2D eigenvalue weighted by molar-refractivity contribution is 5.70. The molecule has 0 radical (unpaired) electrons. The molecule has 3 heteroatoms. The lowest BCUT2D eigenvalue weighted by atomic mass is 9.62. The maximum absolute atomic E-state index is 11.8. The summed E-state index contributed by atoms with van der Waals surface area (Å²) in [4.78, 5) is 11.8. The molecule has 3 aliphatic rings. The van der Waals surface area contributed by atoms with Gasteiger partial charge in [-0.25, -0.2) is 0 Å². The van der Waals surface area contributed by atoms with E-state index < -0.39 is 6.10 Å². The van der Waals surface area contributed by atoms with E-state index in [2.05, 4.69) is 20.8 Å². The van der Waals surface area contributed by atoms with Gasteiger partial charge in [-0.1, -0.05) is 27.2 Å². The fourth-order valence-corrected chi connectivity index (χ4v) is 6.72. The number of hydrogen-bond acceptors (Lipinski definition) is 3. The van der Waals surface area contributed by atoms with Crippen molar-refractivity contribution in [3.8, 4) is 0 Å². The molecule has 22 heavy (non-hydrogen) atoms. The molecule has 0 amide bonds. The van der Waals surface area contributed by atoms with E-state index in [1.54, 1.807) is 0 Å². The molecule has 0 unspecified atom stereocenters. The Morgan fingerprint density at radius 1 is 1.27 bits per heavy atom. The molecule has 3 fully saturated rings. The first-order valence-corrected chi connectivity index (χ1v) is 9.15. The molecule has 0 aromatic heterocycles. The quantitative estimate of drug-likeness (QED) is 0.804. The lowest BCUT2D eigenvalue weighted by Gasteiger charge is -2.44. The first-order chi connectivity index (χ1) is 10.3. The Labute approximate surface area is 134 Å². The first kappa shape index (κ1) is 16.3.